The third-order valence-corrected chi connectivity index (χ3v) is 11.6. The molecule has 1 saturated heterocycles. The lowest BCUT2D eigenvalue weighted by Crippen LogP contribution is -2.54. The summed E-state index contributed by atoms with van der Waals surface area (Å²) >= 11 is 0. The first kappa shape index (κ1) is 41.2. The third kappa shape index (κ3) is 9.23. The Bertz CT molecular complexity index is 2090. The minimum Gasteiger partial charge on any atom is -0.453 e. The Kier molecular flexibility index (Phi) is 13.5. The van der Waals surface area contributed by atoms with Gasteiger partial charge in [0.05, 0.1) is 43.0 Å². The van der Waals surface area contributed by atoms with Gasteiger partial charge in [-0.2, -0.15) is 13.5 Å². The minimum atomic E-state index is -0.863. The second kappa shape index (κ2) is 18.6. The van der Waals surface area contributed by atoms with Crippen LogP contribution >= 0.6 is 13.5 Å². The number of carbonyl (C=O) groups excluding carboxylic acids is 3. The summed E-state index contributed by atoms with van der Waals surface area (Å²) in [6.07, 6.45) is 12.0. The van der Waals surface area contributed by atoms with Crippen molar-refractivity contribution in [2.75, 3.05) is 32.7 Å². The van der Waals surface area contributed by atoms with Crippen molar-refractivity contribution in [1.29, 1.82) is 0 Å². The van der Waals surface area contributed by atoms with E-state index in [0.29, 0.717) is 18.3 Å². The number of anilines is 1. The van der Waals surface area contributed by atoms with Gasteiger partial charge in [-0.3, -0.25) is 9.59 Å². The van der Waals surface area contributed by atoms with E-state index in [-0.39, 0.29) is 25.4 Å². The zero-order valence-corrected chi connectivity index (χ0v) is 33.9. The van der Waals surface area contributed by atoms with Crippen LogP contribution in [0, 0.1) is 11.8 Å². The number of H-pyrrole nitrogens is 2. The largest absolute Gasteiger partial charge is 0.453 e. The van der Waals surface area contributed by atoms with Crippen molar-refractivity contribution >= 4 is 37.7 Å². The molecule has 0 radical (unpaired) electrons. The summed E-state index contributed by atoms with van der Waals surface area (Å²) in [5, 5.41) is 2.63. The molecule has 300 valence electrons. The van der Waals surface area contributed by atoms with Crippen molar-refractivity contribution in [2.45, 2.75) is 69.6 Å². The first-order chi connectivity index (χ1) is 27.3. The molecule has 6 unspecified atom stereocenters. The van der Waals surface area contributed by atoms with E-state index in [1.54, 1.807) is 31.1 Å². The Morgan fingerprint density at radius 1 is 0.860 bits per heavy atom. The Balaban J connectivity index is 0.000000438. The SMILES string of the molecule is CN(C=O)c1ccccn1.COC(=O)NC(C(=O)N1CCCC1c1ncc(-c2ccc(-c3ccc(-c4cnc(C5CC6CCC5C6)[nH]4)cc3)cc2)[nH]1)C(C)OC.S. The van der Waals surface area contributed by atoms with Gasteiger partial charge in [-0.1, -0.05) is 61.0 Å². The Labute approximate surface area is 340 Å². The summed E-state index contributed by atoms with van der Waals surface area (Å²) in [5.41, 5.74) is 6.41. The van der Waals surface area contributed by atoms with Gasteiger partial charge in [-0.15, -0.1) is 0 Å². The number of nitrogens with one attached hydrogen (secondary N) is 3. The molecule has 3 aromatic heterocycles. The van der Waals surface area contributed by atoms with Crippen LogP contribution in [0.1, 0.15) is 69.1 Å². The maximum absolute atomic E-state index is 13.5. The minimum absolute atomic E-state index is 0. The molecule has 4 heterocycles. The highest BCUT2D eigenvalue weighted by Gasteiger charge is 2.42. The number of fused-ring (bicyclic) bond motifs is 2. The average molecular weight is 793 g/mol. The van der Waals surface area contributed by atoms with E-state index >= 15 is 0 Å². The Morgan fingerprint density at radius 2 is 1.49 bits per heavy atom. The fourth-order valence-corrected chi connectivity index (χ4v) is 8.40. The molecule has 0 spiro atoms. The van der Waals surface area contributed by atoms with Crippen molar-refractivity contribution in [2.24, 2.45) is 11.8 Å². The molecule has 14 heteroatoms. The zero-order chi connectivity index (χ0) is 39.2. The fourth-order valence-electron chi connectivity index (χ4n) is 8.40. The molecule has 2 saturated carbocycles. The molecule has 13 nitrogen and oxygen atoms in total. The van der Waals surface area contributed by atoms with Crippen LogP contribution in [0.3, 0.4) is 0 Å². The quantitative estimate of drug-likeness (QED) is 0.118. The molecule has 3 amide bonds. The van der Waals surface area contributed by atoms with Crippen molar-refractivity contribution in [3.63, 3.8) is 0 Å². The van der Waals surface area contributed by atoms with Gasteiger partial charge in [0.25, 0.3) is 0 Å². The number of hydrogen-bond donors (Lipinski definition) is 3. The highest BCUT2D eigenvalue weighted by atomic mass is 32.1. The number of carbonyl (C=O) groups is 3. The number of nitrogens with zero attached hydrogens (tertiary/aromatic N) is 5. The second-order valence-electron chi connectivity index (χ2n) is 14.9. The first-order valence-electron chi connectivity index (χ1n) is 19.3. The predicted molar refractivity (Wildman–Crippen MR) is 224 cm³/mol. The number of hydrogen-bond acceptors (Lipinski definition) is 8. The van der Waals surface area contributed by atoms with E-state index in [1.165, 1.54) is 44.8 Å². The number of methoxy groups -OCH3 is 2. The molecular weight excluding hydrogens is 741 g/mol. The number of benzene rings is 2. The number of amides is 3. The van der Waals surface area contributed by atoms with Crippen LogP contribution in [0.5, 0.6) is 0 Å². The number of ether oxygens (including phenoxy) is 2. The van der Waals surface area contributed by atoms with E-state index in [4.69, 9.17) is 14.5 Å². The van der Waals surface area contributed by atoms with Gasteiger partial charge in [0.1, 0.15) is 23.5 Å². The van der Waals surface area contributed by atoms with Gasteiger partial charge in [-0.05, 0) is 85.3 Å². The van der Waals surface area contributed by atoms with Gasteiger partial charge < -0.3 is 34.6 Å². The number of aromatic nitrogens is 5. The molecular formula is C43H52N8O5S. The standard InChI is InChI=1S/C36H42N6O4.C7H8N2O.H2S/c1-21(45-2)32(41-36(44)46-3)35(43)42-16-4-5-31(42)34-38-20-30(40-34)26-14-10-24(11-15-26)23-8-12-25(13-9-23)29-19-37-33(39-29)28-18-22-6-7-27(28)17-22;1-9(6-10)7-4-2-3-5-8-7;/h8-15,19-22,27-28,31-32H,4-7,16-18H2,1-3H3,(H,37,39)(H,38,40)(H,41,44);2-6H,1H3;1H2. The number of alkyl carbamates (subject to hydrolysis) is 1. The molecule has 3 aliphatic rings. The molecule has 2 aromatic carbocycles. The zero-order valence-electron chi connectivity index (χ0n) is 32.9. The molecule has 3 fully saturated rings. The lowest BCUT2D eigenvalue weighted by atomic mass is 9.88. The molecule has 3 N–H and O–H groups in total. The van der Waals surface area contributed by atoms with Gasteiger partial charge >= 0.3 is 6.09 Å². The van der Waals surface area contributed by atoms with E-state index in [1.807, 2.05) is 24.5 Å². The summed E-state index contributed by atoms with van der Waals surface area (Å²) in [6, 6.07) is 21.4. The highest BCUT2D eigenvalue weighted by molar-refractivity contribution is 7.59. The smallest absolute Gasteiger partial charge is 0.407 e. The number of likely N-dealkylation sites (tertiary alicyclic amines) is 1. The van der Waals surface area contributed by atoms with Crippen LogP contribution < -0.4 is 10.2 Å². The molecule has 5 aromatic rings. The summed E-state index contributed by atoms with van der Waals surface area (Å²) in [4.78, 5) is 59.3. The van der Waals surface area contributed by atoms with Gasteiger partial charge in [0.15, 0.2) is 0 Å². The lowest BCUT2D eigenvalue weighted by molar-refractivity contribution is -0.137. The van der Waals surface area contributed by atoms with Crippen molar-refractivity contribution in [3.05, 3.63) is 97.0 Å². The molecule has 6 atom stereocenters. The van der Waals surface area contributed by atoms with Gasteiger partial charge in [0.2, 0.25) is 12.3 Å². The highest BCUT2D eigenvalue weighted by Crippen LogP contribution is 2.52. The monoisotopic (exact) mass is 792 g/mol. The fraction of sp³-hybridized carbons (Fsp3) is 0.395. The lowest BCUT2D eigenvalue weighted by Gasteiger charge is -2.30. The normalized spacial score (nSPS) is 20.5. The van der Waals surface area contributed by atoms with Crippen molar-refractivity contribution < 1.29 is 23.9 Å². The van der Waals surface area contributed by atoms with Crippen LogP contribution in [-0.2, 0) is 19.1 Å². The molecule has 57 heavy (non-hydrogen) atoms. The van der Waals surface area contributed by atoms with Crippen LogP contribution in [0.25, 0.3) is 33.6 Å². The average Bonchev–Trinajstić information content (AvgIpc) is 4.11. The summed E-state index contributed by atoms with van der Waals surface area (Å²) < 4.78 is 10.1. The molecule has 1 aliphatic heterocycles. The van der Waals surface area contributed by atoms with E-state index in [2.05, 4.69) is 73.8 Å². The molecule has 2 bridgehead atoms. The summed E-state index contributed by atoms with van der Waals surface area (Å²) in [7, 11) is 4.45. The predicted octanol–water partition coefficient (Wildman–Crippen LogP) is 7.25. The number of imidazole rings is 2. The van der Waals surface area contributed by atoms with E-state index < -0.39 is 18.2 Å². The van der Waals surface area contributed by atoms with E-state index in [9.17, 15) is 14.4 Å². The van der Waals surface area contributed by atoms with Crippen LogP contribution in [0.2, 0.25) is 0 Å². The summed E-state index contributed by atoms with van der Waals surface area (Å²) in [5.74, 6) is 4.65. The maximum atomic E-state index is 13.5. The van der Waals surface area contributed by atoms with Crippen LogP contribution in [0.4, 0.5) is 10.6 Å². The Morgan fingerprint density at radius 3 is 2.04 bits per heavy atom. The number of rotatable bonds is 11. The molecule has 2 aliphatic carbocycles. The Hall–Kier alpha value is -5.47. The van der Waals surface area contributed by atoms with Gasteiger partial charge in [0, 0.05) is 32.8 Å². The number of pyridine rings is 1. The third-order valence-electron chi connectivity index (χ3n) is 11.6. The second-order valence-corrected chi connectivity index (χ2v) is 14.9. The van der Waals surface area contributed by atoms with Crippen molar-refractivity contribution in [3.8, 4) is 33.6 Å². The van der Waals surface area contributed by atoms with Crippen molar-refractivity contribution in [1.82, 2.24) is 35.1 Å². The summed E-state index contributed by atoms with van der Waals surface area (Å²) in [6.45, 7) is 2.33. The van der Waals surface area contributed by atoms with Crippen LogP contribution in [-0.4, -0.2) is 88.2 Å². The topological polar surface area (TPSA) is 158 Å². The molecule has 8 rings (SSSR count). The maximum Gasteiger partial charge on any atom is 0.407 e. The number of aromatic amines is 2. The first-order valence-corrected chi connectivity index (χ1v) is 19.3. The van der Waals surface area contributed by atoms with Crippen LogP contribution in [0.15, 0.2) is 85.3 Å². The van der Waals surface area contributed by atoms with Gasteiger partial charge in [-0.25, -0.2) is 19.7 Å². The van der Waals surface area contributed by atoms with E-state index in [0.717, 1.165) is 76.4 Å².